The summed E-state index contributed by atoms with van der Waals surface area (Å²) in [6, 6.07) is 5.31. The number of hydrogen-bond donors (Lipinski definition) is 1. The Kier molecular flexibility index (Phi) is 2.04. The molecule has 0 saturated heterocycles. The molecule has 14 heavy (non-hydrogen) atoms. The first-order valence-electron chi connectivity index (χ1n) is 4.45. The smallest absolute Gasteiger partial charge is 0.352 e. The number of carbonyl (C=O) groups excluding carboxylic acids is 1. The summed E-state index contributed by atoms with van der Waals surface area (Å²) >= 11 is 0. The van der Waals surface area contributed by atoms with Crippen LogP contribution in [-0.4, -0.2) is 12.6 Å². The summed E-state index contributed by atoms with van der Waals surface area (Å²) in [5, 5.41) is 0. The van der Waals surface area contributed by atoms with E-state index in [0.717, 1.165) is 5.56 Å². The predicted molar refractivity (Wildman–Crippen MR) is 50.9 cm³/mol. The average Bonchev–Trinajstić information content (AvgIpc) is 2.08. The second-order valence-corrected chi connectivity index (χ2v) is 3.01. The Labute approximate surface area is 81.6 Å². The van der Waals surface area contributed by atoms with Crippen LogP contribution in [0.5, 0.6) is 5.75 Å². The summed E-state index contributed by atoms with van der Waals surface area (Å²) in [5.41, 5.74) is 7.03. The zero-order valence-electron chi connectivity index (χ0n) is 7.82. The Balaban J connectivity index is 2.22. The van der Waals surface area contributed by atoms with E-state index in [2.05, 4.69) is 0 Å². The topological polar surface area (TPSA) is 61.5 Å². The van der Waals surface area contributed by atoms with E-state index in [9.17, 15) is 4.79 Å². The third-order valence-corrected chi connectivity index (χ3v) is 2.11. The fourth-order valence-electron chi connectivity index (χ4n) is 1.46. The highest BCUT2D eigenvalue weighted by Crippen LogP contribution is 2.43. The van der Waals surface area contributed by atoms with Crippen LogP contribution in [0, 0.1) is 0 Å². The molecule has 0 fully saturated rings. The maximum absolute atomic E-state index is 11.3. The van der Waals surface area contributed by atoms with E-state index in [0.29, 0.717) is 18.0 Å². The summed E-state index contributed by atoms with van der Waals surface area (Å²) < 4.78 is 10.1. The zero-order chi connectivity index (χ0) is 10.1. The Morgan fingerprint density at radius 1 is 1.64 bits per heavy atom. The number of ether oxygens (including phenoxy) is 2. The molecule has 1 aliphatic rings. The Morgan fingerprint density at radius 3 is 3.07 bits per heavy atom. The molecule has 1 aliphatic heterocycles. The van der Waals surface area contributed by atoms with Crippen LogP contribution >= 0.6 is 0 Å². The molecule has 4 nitrogen and oxygen atoms in total. The molecule has 1 aromatic rings. The van der Waals surface area contributed by atoms with Gasteiger partial charge in [0.15, 0.2) is 0 Å². The van der Waals surface area contributed by atoms with Crippen molar-refractivity contribution in [3.8, 4) is 5.75 Å². The first kappa shape index (κ1) is 8.87. The lowest BCUT2D eigenvalue weighted by molar-refractivity contribution is -0.154. The first-order valence-corrected chi connectivity index (χ1v) is 4.45. The summed E-state index contributed by atoms with van der Waals surface area (Å²) in [4.78, 5) is 11.3. The zero-order valence-corrected chi connectivity index (χ0v) is 7.82. The number of nitrogens with two attached hydrogens (primary N) is 1. The third kappa shape index (κ3) is 1.19. The largest absolute Gasteiger partial charge is 0.473 e. The predicted octanol–water partition coefficient (Wildman–Crippen LogP) is 1.27. The fourth-order valence-corrected chi connectivity index (χ4v) is 1.46. The van der Waals surface area contributed by atoms with Gasteiger partial charge in [-0.2, -0.15) is 0 Å². The van der Waals surface area contributed by atoms with Gasteiger partial charge in [-0.1, -0.05) is 6.07 Å². The van der Waals surface area contributed by atoms with Gasteiger partial charge in [0.1, 0.15) is 5.75 Å². The minimum atomic E-state index is -0.633. The molecule has 0 bridgehead atoms. The molecule has 1 heterocycles. The maximum Gasteiger partial charge on any atom is 0.352 e. The van der Waals surface area contributed by atoms with Crippen LogP contribution in [-0.2, 0) is 9.53 Å². The summed E-state index contributed by atoms with van der Waals surface area (Å²) in [6.45, 7) is 2.10. The second-order valence-electron chi connectivity index (χ2n) is 3.01. The number of rotatable bonds is 2. The molecule has 2 N–H and O–H groups in total. The van der Waals surface area contributed by atoms with E-state index >= 15 is 0 Å². The van der Waals surface area contributed by atoms with Crippen molar-refractivity contribution in [2.75, 3.05) is 12.3 Å². The van der Waals surface area contributed by atoms with Crippen molar-refractivity contribution in [2.24, 2.45) is 0 Å². The van der Waals surface area contributed by atoms with Gasteiger partial charge in [-0.15, -0.1) is 0 Å². The summed E-state index contributed by atoms with van der Waals surface area (Å²) in [7, 11) is 0. The minimum Gasteiger partial charge on any atom is -0.473 e. The second kappa shape index (κ2) is 3.21. The number of anilines is 1. The van der Waals surface area contributed by atoms with Crippen LogP contribution in [0.4, 0.5) is 5.69 Å². The summed E-state index contributed by atoms with van der Waals surface area (Å²) in [6.07, 6.45) is -0.633. The van der Waals surface area contributed by atoms with Gasteiger partial charge >= 0.3 is 5.97 Å². The van der Waals surface area contributed by atoms with Crippen LogP contribution in [0.2, 0.25) is 0 Å². The van der Waals surface area contributed by atoms with Gasteiger partial charge in [-0.05, 0) is 19.1 Å². The first-order chi connectivity index (χ1) is 6.74. The molecule has 2 rings (SSSR count). The number of nitrogen functional groups attached to an aromatic ring is 1. The van der Waals surface area contributed by atoms with Gasteiger partial charge in [0, 0.05) is 5.69 Å². The molecular formula is C10H11NO3. The van der Waals surface area contributed by atoms with Gasteiger partial charge in [0.2, 0.25) is 6.10 Å². The maximum atomic E-state index is 11.3. The Bertz CT molecular complexity index is 361. The lowest BCUT2D eigenvalue weighted by Gasteiger charge is -2.30. The van der Waals surface area contributed by atoms with E-state index in [1.54, 1.807) is 25.1 Å². The monoisotopic (exact) mass is 193 g/mol. The highest BCUT2D eigenvalue weighted by Gasteiger charge is 2.37. The van der Waals surface area contributed by atoms with E-state index < -0.39 is 6.10 Å². The standard InChI is InChI=1S/C10H11NO3/c1-2-13-10(12)9-8-6(11)4-3-5-7(8)14-9/h3-5,9H,2,11H2,1H3. The SMILES string of the molecule is CCOC(=O)C1Oc2cccc(N)c21. The van der Waals surface area contributed by atoms with Crippen molar-refractivity contribution in [3.05, 3.63) is 23.8 Å². The molecule has 0 spiro atoms. The number of benzene rings is 1. The van der Waals surface area contributed by atoms with E-state index in [-0.39, 0.29) is 5.97 Å². The van der Waals surface area contributed by atoms with Gasteiger partial charge in [0.05, 0.1) is 12.2 Å². The van der Waals surface area contributed by atoms with Gasteiger partial charge in [-0.25, -0.2) is 4.79 Å². The van der Waals surface area contributed by atoms with Crippen LogP contribution < -0.4 is 10.5 Å². The van der Waals surface area contributed by atoms with Gasteiger partial charge in [0.25, 0.3) is 0 Å². The van der Waals surface area contributed by atoms with Crippen molar-refractivity contribution in [2.45, 2.75) is 13.0 Å². The van der Waals surface area contributed by atoms with Crippen LogP contribution in [0.3, 0.4) is 0 Å². The van der Waals surface area contributed by atoms with Crippen LogP contribution in [0.15, 0.2) is 18.2 Å². The normalized spacial score (nSPS) is 17.6. The molecular weight excluding hydrogens is 182 g/mol. The summed E-state index contributed by atoms with van der Waals surface area (Å²) in [5.74, 6) is 0.293. The molecule has 74 valence electrons. The fraction of sp³-hybridized carbons (Fsp3) is 0.300. The lowest BCUT2D eigenvalue weighted by atomic mass is 10.0. The number of fused-ring (bicyclic) bond motifs is 1. The van der Waals surface area contributed by atoms with Crippen molar-refractivity contribution < 1.29 is 14.3 Å². The molecule has 1 unspecified atom stereocenters. The highest BCUT2D eigenvalue weighted by atomic mass is 16.6. The van der Waals surface area contributed by atoms with Crippen molar-refractivity contribution >= 4 is 11.7 Å². The number of esters is 1. The Morgan fingerprint density at radius 2 is 2.43 bits per heavy atom. The van der Waals surface area contributed by atoms with Crippen LogP contribution in [0.1, 0.15) is 18.6 Å². The number of carbonyl (C=O) groups is 1. The van der Waals surface area contributed by atoms with E-state index in [1.165, 1.54) is 0 Å². The van der Waals surface area contributed by atoms with Crippen molar-refractivity contribution in [1.82, 2.24) is 0 Å². The van der Waals surface area contributed by atoms with E-state index in [1.807, 2.05) is 0 Å². The van der Waals surface area contributed by atoms with Crippen molar-refractivity contribution in [1.29, 1.82) is 0 Å². The molecule has 0 saturated carbocycles. The lowest BCUT2D eigenvalue weighted by Crippen LogP contribution is -2.30. The minimum absolute atomic E-state index is 0.348. The molecule has 1 aromatic carbocycles. The Hall–Kier alpha value is -1.71. The van der Waals surface area contributed by atoms with Gasteiger partial charge < -0.3 is 15.2 Å². The molecule has 4 heteroatoms. The molecule has 0 radical (unpaired) electrons. The van der Waals surface area contributed by atoms with E-state index in [4.69, 9.17) is 15.2 Å². The molecule has 1 atom stereocenters. The quantitative estimate of drug-likeness (QED) is 0.567. The van der Waals surface area contributed by atoms with Crippen LogP contribution in [0.25, 0.3) is 0 Å². The molecule has 0 amide bonds. The highest BCUT2D eigenvalue weighted by molar-refractivity contribution is 5.83. The molecule has 0 aromatic heterocycles. The molecule has 0 aliphatic carbocycles. The third-order valence-electron chi connectivity index (χ3n) is 2.11. The van der Waals surface area contributed by atoms with Gasteiger partial charge in [-0.3, -0.25) is 0 Å². The number of hydrogen-bond acceptors (Lipinski definition) is 4. The van der Waals surface area contributed by atoms with Crippen molar-refractivity contribution in [3.63, 3.8) is 0 Å². The average molecular weight is 193 g/mol.